The molecule has 0 amide bonds. The molecule has 2 N–H and O–H groups in total. The summed E-state index contributed by atoms with van der Waals surface area (Å²) in [6.45, 7) is 19.0. The topological polar surface area (TPSA) is 106 Å². The Balaban J connectivity index is 2.57. The van der Waals surface area contributed by atoms with Crippen LogP contribution < -0.4 is 5.32 Å². The molecular weight excluding hydrogens is 472 g/mol. The van der Waals surface area contributed by atoms with Crippen LogP contribution in [0, 0.1) is 35.5 Å². The number of esters is 1. The van der Waals surface area contributed by atoms with Crippen molar-refractivity contribution in [3.63, 3.8) is 0 Å². The van der Waals surface area contributed by atoms with E-state index in [4.69, 9.17) is 19.5 Å². The maximum Gasteiger partial charge on any atom is 0.316 e. The molecule has 0 aliphatic carbocycles. The first-order valence-electron chi connectivity index (χ1n) is 14.2. The quantitative estimate of drug-likeness (QED) is 0.319. The summed E-state index contributed by atoms with van der Waals surface area (Å²) >= 11 is 0. The minimum absolute atomic E-state index is 0.000714. The van der Waals surface area contributed by atoms with Crippen molar-refractivity contribution in [1.82, 2.24) is 5.32 Å². The lowest BCUT2D eigenvalue weighted by Crippen LogP contribution is -2.52. The highest BCUT2D eigenvalue weighted by molar-refractivity contribution is 5.99. The fourth-order valence-electron chi connectivity index (χ4n) is 6.03. The van der Waals surface area contributed by atoms with E-state index in [1.807, 2.05) is 34.6 Å². The highest BCUT2D eigenvalue weighted by atomic mass is 16.6. The monoisotopic (exact) mass is 524 g/mol. The lowest BCUT2D eigenvalue weighted by Gasteiger charge is -2.43. The number of nitrogens with one attached hydrogen (secondary N) is 1. The van der Waals surface area contributed by atoms with Crippen molar-refractivity contribution in [3.8, 4) is 0 Å². The average molecular weight is 525 g/mol. The van der Waals surface area contributed by atoms with E-state index >= 15 is 0 Å². The molecule has 0 spiro atoms. The molecule has 37 heavy (non-hydrogen) atoms. The Kier molecular flexibility index (Phi) is 11.2. The van der Waals surface area contributed by atoms with E-state index < -0.39 is 35.1 Å². The van der Waals surface area contributed by atoms with E-state index in [1.54, 1.807) is 21.0 Å². The van der Waals surface area contributed by atoms with Crippen LogP contribution >= 0.6 is 0 Å². The van der Waals surface area contributed by atoms with Crippen molar-refractivity contribution < 1.29 is 29.0 Å². The zero-order valence-corrected chi connectivity index (χ0v) is 24.8. The molecule has 0 unspecified atom stereocenters. The summed E-state index contributed by atoms with van der Waals surface area (Å²) < 4.78 is 11.9. The second kappa shape index (κ2) is 13.0. The van der Waals surface area contributed by atoms with Gasteiger partial charge in [-0.25, -0.2) is 0 Å². The number of methoxy groups -OCH3 is 1. The third-order valence-electron chi connectivity index (χ3n) is 9.60. The number of carbonyl (C=O) groups excluding carboxylic acids is 2. The first kappa shape index (κ1) is 31.7. The summed E-state index contributed by atoms with van der Waals surface area (Å²) in [6, 6.07) is 0. The van der Waals surface area contributed by atoms with Gasteiger partial charge in [0.05, 0.1) is 11.3 Å². The molecule has 0 aromatic rings. The first-order chi connectivity index (χ1) is 17.2. The smallest absolute Gasteiger partial charge is 0.316 e. The lowest BCUT2D eigenvalue weighted by molar-refractivity contribution is -0.177. The van der Waals surface area contributed by atoms with Crippen LogP contribution in [-0.2, 0) is 23.9 Å². The van der Waals surface area contributed by atoms with Gasteiger partial charge < -0.3 is 24.7 Å². The third-order valence-corrected chi connectivity index (χ3v) is 9.60. The molecule has 2 saturated heterocycles. The molecule has 0 saturated carbocycles. The number of piperidine rings is 1. The number of cyclic esters (lactones) is 1. The second-order valence-electron chi connectivity index (χ2n) is 12.1. The van der Waals surface area contributed by atoms with E-state index in [0.717, 1.165) is 31.6 Å². The predicted octanol–water partition coefficient (Wildman–Crippen LogP) is 4.38. The minimum Gasteiger partial charge on any atom is -0.459 e. The molecule has 2 aliphatic rings. The lowest BCUT2D eigenvalue weighted by atomic mass is 9.69. The third kappa shape index (κ3) is 7.12. The number of Topliss-reactive ketones (excluding diaryl/α,β-unsaturated/α-hetero) is 1. The van der Waals surface area contributed by atoms with E-state index in [9.17, 15) is 14.7 Å². The number of ketones is 1. The number of carbonyl (C=O) groups is 2. The largest absolute Gasteiger partial charge is 0.459 e. The van der Waals surface area contributed by atoms with Gasteiger partial charge in [-0.1, -0.05) is 46.7 Å². The van der Waals surface area contributed by atoms with Gasteiger partial charge in [0.1, 0.15) is 29.5 Å². The van der Waals surface area contributed by atoms with E-state index in [1.165, 1.54) is 0 Å². The molecule has 8 nitrogen and oxygen atoms in total. The zero-order chi connectivity index (χ0) is 28.1. The van der Waals surface area contributed by atoms with Crippen molar-refractivity contribution in [1.29, 1.82) is 0 Å². The molecule has 0 radical (unpaired) electrons. The molecule has 214 valence electrons. The Morgan fingerprint density at radius 3 is 2.27 bits per heavy atom. The van der Waals surface area contributed by atoms with Crippen LogP contribution in [0.2, 0.25) is 0 Å². The summed E-state index contributed by atoms with van der Waals surface area (Å²) in [5, 5.41) is 19.8. The van der Waals surface area contributed by atoms with Gasteiger partial charge in [-0.15, -0.1) is 0 Å². The minimum atomic E-state index is -1.34. The van der Waals surface area contributed by atoms with Gasteiger partial charge >= 0.3 is 5.97 Å². The number of nitrogens with zero attached hydrogens (tertiary/aromatic N) is 1. The van der Waals surface area contributed by atoms with Crippen LogP contribution in [0.1, 0.15) is 88.0 Å². The van der Waals surface area contributed by atoms with Crippen molar-refractivity contribution >= 4 is 17.5 Å². The van der Waals surface area contributed by atoms with E-state index in [-0.39, 0.29) is 35.6 Å². The number of ether oxygens (including phenoxy) is 2. The molecular formula is C29H52N2O6. The summed E-state index contributed by atoms with van der Waals surface area (Å²) in [5.74, 6) is -2.79. The maximum atomic E-state index is 13.4. The van der Waals surface area contributed by atoms with Crippen molar-refractivity contribution in [2.24, 2.45) is 40.7 Å². The van der Waals surface area contributed by atoms with E-state index in [0.29, 0.717) is 12.8 Å². The summed E-state index contributed by atoms with van der Waals surface area (Å²) in [5.41, 5.74) is -1.14. The molecule has 10 atom stereocenters. The number of rotatable bonds is 4. The predicted molar refractivity (Wildman–Crippen MR) is 145 cm³/mol. The number of aliphatic hydroxyl groups is 1. The highest BCUT2D eigenvalue weighted by Crippen LogP contribution is 2.39. The average Bonchev–Trinajstić information content (AvgIpc) is 2.88. The maximum absolute atomic E-state index is 13.4. The van der Waals surface area contributed by atoms with Crippen LogP contribution in [-0.4, -0.2) is 66.2 Å². The van der Waals surface area contributed by atoms with Gasteiger partial charge in [-0.05, 0) is 64.8 Å². The molecule has 0 bridgehead atoms. The molecule has 8 heteroatoms. The Morgan fingerprint density at radius 2 is 1.73 bits per heavy atom. The first-order valence-corrected chi connectivity index (χ1v) is 14.2. The number of hydrogen-bond donors (Lipinski definition) is 2. The van der Waals surface area contributed by atoms with E-state index in [2.05, 4.69) is 19.2 Å². The SMILES string of the molecule is CC[C@H]1OC(=O)[C@H](C)C(=O)[C@H](C)[C@@H](C)[C@](C)(OC)C[C@@H](C)/C(=N\O[C@@H]2CCCNC2)[C@H](C)[C@@H](C)[C@]1(C)O. The van der Waals surface area contributed by atoms with Gasteiger partial charge in [0.15, 0.2) is 0 Å². The van der Waals surface area contributed by atoms with Gasteiger partial charge in [-0.3, -0.25) is 9.59 Å². The Morgan fingerprint density at radius 1 is 1.08 bits per heavy atom. The summed E-state index contributed by atoms with van der Waals surface area (Å²) in [6.07, 6.45) is 2.27. The Labute approximate surface area is 224 Å². The fourth-order valence-corrected chi connectivity index (χ4v) is 6.03. The molecule has 2 rings (SSSR count). The molecule has 0 aromatic heterocycles. The normalized spacial score (nSPS) is 44.2. The number of oxime groups is 1. The van der Waals surface area contributed by atoms with Crippen LogP contribution in [0.15, 0.2) is 5.16 Å². The second-order valence-corrected chi connectivity index (χ2v) is 12.1. The molecule has 0 aromatic carbocycles. The number of hydrogen-bond acceptors (Lipinski definition) is 8. The van der Waals surface area contributed by atoms with Crippen LogP contribution in [0.3, 0.4) is 0 Å². The summed E-state index contributed by atoms with van der Waals surface area (Å²) in [4.78, 5) is 32.5. The Hall–Kier alpha value is -1.51. The van der Waals surface area contributed by atoms with Gasteiger partial charge in [0, 0.05) is 31.4 Å². The standard InChI is InChI=1S/C29H52N2O6/c1-11-24-29(9,34)22(7)18(3)25(31-37-23-13-12-14-30-16-23)17(2)15-28(8,35-10)21(6)19(4)26(32)20(5)27(33)36-24/h17-24,30,34H,11-16H2,1-10H3/b31-25+/t17-,18-,19-,20-,21-,22-,23-,24-,28-,29+/m1/s1. The Bertz CT molecular complexity index is 808. The van der Waals surface area contributed by atoms with Crippen molar-refractivity contribution in [2.45, 2.75) is 111 Å². The molecule has 2 heterocycles. The zero-order valence-electron chi connectivity index (χ0n) is 24.8. The van der Waals surface area contributed by atoms with Crippen LogP contribution in [0.5, 0.6) is 0 Å². The fraction of sp³-hybridized carbons (Fsp3) is 0.897. The van der Waals surface area contributed by atoms with Gasteiger partial charge in [0.25, 0.3) is 0 Å². The van der Waals surface area contributed by atoms with Crippen LogP contribution in [0.25, 0.3) is 0 Å². The van der Waals surface area contributed by atoms with Crippen LogP contribution in [0.4, 0.5) is 0 Å². The highest BCUT2D eigenvalue weighted by Gasteiger charge is 2.47. The molecule has 2 aliphatic heterocycles. The van der Waals surface area contributed by atoms with Gasteiger partial charge in [-0.2, -0.15) is 0 Å². The van der Waals surface area contributed by atoms with Gasteiger partial charge in [0.2, 0.25) is 0 Å². The summed E-state index contributed by atoms with van der Waals surface area (Å²) in [7, 11) is 1.67. The van der Waals surface area contributed by atoms with Crippen molar-refractivity contribution in [3.05, 3.63) is 0 Å². The van der Waals surface area contributed by atoms with Crippen molar-refractivity contribution in [2.75, 3.05) is 20.2 Å². The molecule has 2 fully saturated rings.